The van der Waals surface area contributed by atoms with E-state index in [9.17, 15) is 9.18 Å². The highest BCUT2D eigenvalue weighted by Crippen LogP contribution is 2.29. The number of aryl methyl sites for hydroxylation is 1. The monoisotopic (exact) mass is 467 g/mol. The number of hydrogen-bond donors (Lipinski definition) is 2. The molecule has 3 heterocycles. The van der Waals surface area contributed by atoms with E-state index in [0.717, 1.165) is 10.6 Å². The summed E-state index contributed by atoms with van der Waals surface area (Å²) >= 11 is 1.27. The SMILES string of the molecule is Cn1cc(-c2cc(Oc3ccc(NC(=O)Nc4nnc(C(C)(C)C)s4)c(F)c3)ccn2)cn1. The van der Waals surface area contributed by atoms with Crippen molar-refractivity contribution >= 4 is 28.2 Å². The van der Waals surface area contributed by atoms with Gasteiger partial charge in [0.15, 0.2) is 0 Å². The number of ether oxygens (including phenoxy) is 1. The zero-order chi connectivity index (χ0) is 23.6. The molecule has 11 heteroatoms. The molecule has 0 fully saturated rings. The van der Waals surface area contributed by atoms with E-state index in [4.69, 9.17) is 4.74 Å². The average Bonchev–Trinajstić information content (AvgIpc) is 3.39. The Morgan fingerprint density at radius 1 is 1.12 bits per heavy atom. The number of halogens is 1. The molecule has 0 saturated heterocycles. The maximum atomic E-state index is 14.6. The van der Waals surface area contributed by atoms with Crippen LogP contribution in [0.3, 0.4) is 0 Å². The van der Waals surface area contributed by atoms with Crippen LogP contribution in [0, 0.1) is 5.82 Å². The van der Waals surface area contributed by atoms with Gasteiger partial charge in [0.2, 0.25) is 5.13 Å². The zero-order valence-electron chi connectivity index (χ0n) is 18.5. The Bertz CT molecular complexity index is 1300. The highest BCUT2D eigenvalue weighted by Gasteiger charge is 2.20. The molecule has 0 bridgehead atoms. The summed E-state index contributed by atoms with van der Waals surface area (Å²) in [4.78, 5) is 16.6. The molecule has 0 aliphatic heterocycles. The number of aromatic nitrogens is 5. The van der Waals surface area contributed by atoms with Crippen LogP contribution < -0.4 is 15.4 Å². The fraction of sp³-hybridized carbons (Fsp3) is 0.227. The molecule has 0 radical (unpaired) electrons. The molecule has 4 aromatic rings. The summed E-state index contributed by atoms with van der Waals surface area (Å²) in [5.41, 5.74) is 1.35. The van der Waals surface area contributed by atoms with Crippen molar-refractivity contribution < 1.29 is 13.9 Å². The van der Waals surface area contributed by atoms with Gasteiger partial charge in [-0.2, -0.15) is 5.10 Å². The summed E-state index contributed by atoms with van der Waals surface area (Å²) in [6, 6.07) is 6.98. The van der Waals surface area contributed by atoms with Gasteiger partial charge >= 0.3 is 6.03 Å². The number of urea groups is 1. The molecule has 3 aromatic heterocycles. The van der Waals surface area contributed by atoms with Gasteiger partial charge in [-0.25, -0.2) is 9.18 Å². The molecule has 0 aliphatic rings. The van der Waals surface area contributed by atoms with Crippen LogP contribution >= 0.6 is 11.3 Å². The Kier molecular flexibility index (Phi) is 6.05. The van der Waals surface area contributed by atoms with Crippen molar-refractivity contribution in [3.05, 3.63) is 59.7 Å². The van der Waals surface area contributed by atoms with Gasteiger partial charge in [0.25, 0.3) is 0 Å². The lowest BCUT2D eigenvalue weighted by Crippen LogP contribution is -2.20. The van der Waals surface area contributed by atoms with Crippen molar-refractivity contribution in [2.24, 2.45) is 7.05 Å². The first-order valence-corrected chi connectivity index (χ1v) is 10.8. The van der Waals surface area contributed by atoms with Gasteiger partial charge in [-0.15, -0.1) is 10.2 Å². The second-order valence-electron chi connectivity index (χ2n) is 8.26. The molecule has 2 amide bonds. The number of pyridine rings is 1. The van der Waals surface area contributed by atoms with Crippen LogP contribution in [0.1, 0.15) is 25.8 Å². The third-order valence-corrected chi connectivity index (χ3v) is 5.71. The van der Waals surface area contributed by atoms with Gasteiger partial charge < -0.3 is 10.1 Å². The normalized spacial score (nSPS) is 11.3. The predicted octanol–water partition coefficient (Wildman–Crippen LogP) is 5.21. The number of carbonyl (C=O) groups is 1. The second kappa shape index (κ2) is 8.94. The number of anilines is 2. The largest absolute Gasteiger partial charge is 0.457 e. The van der Waals surface area contributed by atoms with Crippen molar-refractivity contribution in [1.29, 1.82) is 0 Å². The second-order valence-corrected chi connectivity index (χ2v) is 9.24. The van der Waals surface area contributed by atoms with Crippen molar-refractivity contribution in [1.82, 2.24) is 25.0 Å². The Hall–Kier alpha value is -3.86. The van der Waals surface area contributed by atoms with Crippen molar-refractivity contribution in [3.8, 4) is 22.8 Å². The molecule has 1 aromatic carbocycles. The third kappa shape index (κ3) is 5.50. The smallest absolute Gasteiger partial charge is 0.325 e. The number of nitrogens with zero attached hydrogens (tertiary/aromatic N) is 5. The first kappa shape index (κ1) is 22.3. The van der Waals surface area contributed by atoms with E-state index < -0.39 is 11.8 Å². The number of carbonyl (C=O) groups excluding carboxylic acids is 1. The summed E-state index contributed by atoms with van der Waals surface area (Å²) in [6.45, 7) is 6.01. The van der Waals surface area contributed by atoms with Crippen molar-refractivity contribution in [2.45, 2.75) is 26.2 Å². The van der Waals surface area contributed by atoms with E-state index in [1.54, 1.807) is 35.3 Å². The molecule has 33 heavy (non-hydrogen) atoms. The maximum Gasteiger partial charge on any atom is 0.325 e. The topological polar surface area (TPSA) is 107 Å². The average molecular weight is 468 g/mol. The molecule has 0 aliphatic carbocycles. The fourth-order valence-electron chi connectivity index (χ4n) is 2.81. The predicted molar refractivity (Wildman–Crippen MR) is 124 cm³/mol. The maximum absolute atomic E-state index is 14.6. The summed E-state index contributed by atoms with van der Waals surface area (Å²) < 4.78 is 22.0. The van der Waals surface area contributed by atoms with Gasteiger partial charge in [0.05, 0.1) is 17.6 Å². The quantitative estimate of drug-likeness (QED) is 0.417. The standard InChI is InChI=1S/C22H22FN7O2S/c1-22(2,3)19-28-29-21(33-19)27-20(31)26-17-6-5-14(9-16(17)23)32-15-7-8-24-18(10-15)13-11-25-30(4)12-13/h5-12H,1-4H3,(H2,26,27,29,31). The Balaban J connectivity index is 1.41. The van der Waals surface area contributed by atoms with E-state index in [1.807, 2.05) is 34.0 Å². The molecule has 0 atom stereocenters. The van der Waals surface area contributed by atoms with Gasteiger partial charge in [0, 0.05) is 42.6 Å². The van der Waals surface area contributed by atoms with E-state index in [1.165, 1.54) is 23.5 Å². The lowest BCUT2D eigenvalue weighted by molar-refractivity contribution is 0.262. The minimum atomic E-state index is -0.642. The Labute approximate surface area is 193 Å². The van der Waals surface area contributed by atoms with Crippen LogP contribution in [0.15, 0.2) is 48.9 Å². The van der Waals surface area contributed by atoms with Crippen LogP contribution in [0.4, 0.5) is 20.0 Å². The van der Waals surface area contributed by atoms with Gasteiger partial charge in [-0.05, 0) is 18.2 Å². The molecule has 0 saturated carbocycles. The van der Waals surface area contributed by atoms with Crippen LogP contribution in [0.5, 0.6) is 11.5 Å². The lowest BCUT2D eigenvalue weighted by Gasteiger charge is -2.12. The first-order chi connectivity index (χ1) is 15.7. The molecule has 0 unspecified atom stereocenters. The Morgan fingerprint density at radius 2 is 1.91 bits per heavy atom. The van der Waals surface area contributed by atoms with Gasteiger partial charge in [-0.1, -0.05) is 32.1 Å². The minimum absolute atomic E-state index is 0.00573. The molecule has 170 valence electrons. The molecule has 4 rings (SSSR count). The molecule has 0 spiro atoms. The van der Waals surface area contributed by atoms with E-state index >= 15 is 0 Å². The van der Waals surface area contributed by atoms with Crippen molar-refractivity contribution in [3.63, 3.8) is 0 Å². The lowest BCUT2D eigenvalue weighted by atomic mass is 9.98. The van der Waals surface area contributed by atoms with Gasteiger partial charge in [-0.3, -0.25) is 15.0 Å². The van der Waals surface area contributed by atoms with E-state index in [-0.39, 0.29) is 16.9 Å². The summed E-state index contributed by atoms with van der Waals surface area (Å²) in [5.74, 6) is 0.130. The fourth-order valence-corrected chi connectivity index (χ4v) is 3.61. The minimum Gasteiger partial charge on any atom is -0.457 e. The van der Waals surface area contributed by atoms with Crippen LogP contribution in [-0.2, 0) is 12.5 Å². The third-order valence-electron chi connectivity index (χ3n) is 4.44. The number of amides is 2. The number of hydrogen-bond acceptors (Lipinski definition) is 7. The summed E-state index contributed by atoms with van der Waals surface area (Å²) in [6.07, 6.45) is 5.14. The summed E-state index contributed by atoms with van der Waals surface area (Å²) in [7, 11) is 1.82. The van der Waals surface area contributed by atoms with Crippen LogP contribution in [0.25, 0.3) is 11.3 Å². The van der Waals surface area contributed by atoms with E-state index in [2.05, 4.69) is 30.9 Å². The number of nitrogens with one attached hydrogen (secondary N) is 2. The van der Waals surface area contributed by atoms with E-state index in [0.29, 0.717) is 16.6 Å². The number of benzene rings is 1. The van der Waals surface area contributed by atoms with Crippen LogP contribution in [0.2, 0.25) is 0 Å². The van der Waals surface area contributed by atoms with Crippen LogP contribution in [-0.4, -0.2) is 31.0 Å². The molecular formula is C22H22FN7O2S. The van der Waals surface area contributed by atoms with Gasteiger partial charge in [0.1, 0.15) is 22.3 Å². The highest BCUT2D eigenvalue weighted by atomic mass is 32.1. The first-order valence-electron chi connectivity index (χ1n) is 10.0. The molecule has 2 N–H and O–H groups in total. The zero-order valence-corrected chi connectivity index (χ0v) is 19.3. The number of rotatable bonds is 5. The highest BCUT2D eigenvalue weighted by molar-refractivity contribution is 7.15. The molecular weight excluding hydrogens is 445 g/mol. The Morgan fingerprint density at radius 3 is 2.58 bits per heavy atom. The van der Waals surface area contributed by atoms with Crippen molar-refractivity contribution in [2.75, 3.05) is 10.6 Å². The summed E-state index contributed by atoms with van der Waals surface area (Å²) in [5, 5.41) is 18.3. The molecule has 9 nitrogen and oxygen atoms in total.